The van der Waals surface area contributed by atoms with Crippen LogP contribution in [0.1, 0.15) is 46.9 Å². The number of nitrogens with zero attached hydrogens (tertiary/aromatic N) is 4. The van der Waals surface area contributed by atoms with Crippen LogP contribution in [0.15, 0.2) is 29.0 Å². The Bertz CT molecular complexity index is 1290. The lowest BCUT2D eigenvalue weighted by Gasteiger charge is -2.08. The van der Waals surface area contributed by atoms with Gasteiger partial charge in [0.15, 0.2) is 22.5 Å². The van der Waals surface area contributed by atoms with Crippen LogP contribution in [0.2, 0.25) is 0 Å². The van der Waals surface area contributed by atoms with Gasteiger partial charge in [0.1, 0.15) is 17.2 Å². The number of rotatable bonds is 7. The zero-order valence-electron chi connectivity index (χ0n) is 18.8. The van der Waals surface area contributed by atoms with Crippen molar-refractivity contribution in [1.82, 2.24) is 25.2 Å². The number of nitrogen functional groups attached to an aromatic ring is 1. The lowest BCUT2D eigenvalue weighted by molar-refractivity contribution is -0.676. The molecule has 1 saturated heterocycles. The summed E-state index contributed by atoms with van der Waals surface area (Å²) in [6.07, 6.45) is 1.89. The van der Waals surface area contributed by atoms with E-state index in [-0.39, 0.29) is 24.0 Å². The van der Waals surface area contributed by atoms with Crippen LogP contribution in [0.3, 0.4) is 0 Å². The number of benzene rings is 1. The van der Waals surface area contributed by atoms with Crippen LogP contribution in [0.5, 0.6) is 0 Å². The number of carbonyl (C=O) groups is 3. The number of anilines is 1. The first-order valence-corrected chi connectivity index (χ1v) is 11.7. The lowest BCUT2D eigenvalue weighted by atomic mass is 10.1. The highest BCUT2D eigenvalue weighted by Crippen LogP contribution is 2.19. The van der Waals surface area contributed by atoms with Crippen LogP contribution in [0.4, 0.5) is 5.82 Å². The van der Waals surface area contributed by atoms with E-state index in [4.69, 9.17) is 10.5 Å². The van der Waals surface area contributed by atoms with E-state index in [1.165, 1.54) is 6.20 Å². The van der Waals surface area contributed by atoms with E-state index in [2.05, 4.69) is 41.1 Å². The fourth-order valence-electron chi connectivity index (χ4n) is 4.09. The summed E-state index contributed by atoms with van der Waals surface area (Å²) in [6, 6.07) is 4.77. The molecular weight excluding hydrogens is 506 g/mol. The van der Waals surface area contributed by atoms with Gasteiger partial charge in [0.2, 0.25) is 0 Å². The van der Waals surface area contributed by atoms with E-state index in [1.807, 2.05) is 24.5 Å². The Morgan fingerprint density at radius 3 is 2.79 bits per heavy atom. The van der Waals surface area contributed by atoms with Gasteiger partial charge in [0.05, 0.1) is 25.9 Å². The van der Waals surface area contributed by atoms with Crippen molar-refractivity contribution < 1.29 is 23.7 Å². The second kappa shape index (κ2) is 9.75. The summed E-state index contributed by atoms with van der Waals surface area (Å²) in [6.45, 7) is 5.81. The number of hydrogen-bond acceptors (Lipinski definition) is 7. The predicted octanol–water partition coefficient (Wildman–Crippen LogP) is 1.08. The molecule has 2 amide bonds. The second-order valence-electron chi connectivity index (χ2n) is 7.70. The SMILES string of the molecule is CCn1c(CNC(=O)c2nc(Br)cnc2N)[n+](CC)c2ccc(C(=O)N[C@@H]3CCOC3=O)cc21. The van der Waals surface area contributed by atoms with Crippen LogP contribution in [-0.2, 0) is 29.2 Å². The Labute approximate surface area is 203 Å². The Morgan fingerprint density at radius 2 is 2.12 bits per heavy atom. The number of imidazole rings is 1. The molecule has 178 valence electrons. The van der Waals surface area contributed by atoms with E-state index < -0.39 is 17.9 Å². The van der Waals surface area contributed by atoms with Gasteiger partial charge in [0.25, 0.3) is 17.6 Å². The van der Waals surface area contributed by atoms with Crippen LogP contribution in [0.25, 0.3) is 11.0 Å². The molecule has 34 heavy (non-hydrogen) atoms. The molecule has 2 aromatic heterocycles. The van der Waals surface area contributed by atoms with Gasteiger partial charge < -0.3 is 21.1 Å². The zero-order valence-corrected chi connectivity index (χ0v) is 20.4. The number of nitrogens with one attached hydrogen (secondary N) is 2. The Kier molecular flexibility index (Phi) is 6.77. The first-order valence-electron chi connectivity index (χ1n) is 10.9. The fourth-order valence-corrected chi connectivity index (χ4v) is 4.36. The minimum Gasteiger partial charge on any atom is -0.464 e. The molecule has 0 saturated carbocycles. The molecule has 0 spiro atoms. The van der Waals surface area contributed by atoms with E-state index in [9.17, 15) is 14.4 Å². The maximum absolute atomic E-state index is 12.8. The molecule has 1 aliphatic heterocycles. The monoisotopic (exact) mass is 530 g/mol. The maximum Gasteiger partial charge on any atom is 0.328 e. The average Bonchev–Trinajstić information content (AvgIpc) is 3.37. The largest absolute Gasteiger partial charge is 0.464 e. The molecule has 0 bridgehead atoms. The summed E-state index contributed by atoms with van der Waals surface area (Å²) >= 11 is 3.20. The molecule has 0 radical (unpaired) electrons. The molecule has 1 aliphatic rings. The Hall–Kier alpha value is -3.54. The molecule has 1 atom stereocenters. The first-order chi connectivity index (χ1) is 16.3. The maximum atomic E-state index is 12.8. The van der Waals surface area contributed by atoms with E-state index in [1.54, 1.807) is 12.1 Å². The third-order valence-corrected chi connectivity index (χ3v) is 6.09. The number of amides is 2. The van der Waals surface area contributed by atoms with Crippen molar-refractivity contribution in [3.8, 4) is 0 Å². The van der Waals surface area contributed by atoms with Gasteiger partial charge in [-0.15, -0.1) is 0 Å². The number of ether oxygens (including phenoxy) is 1. The van der Waals surface area contributed by atoms with Crippen molar-refractivity contribution >= 4 is 50.6 Å². The van der Waals surface area contributed by atoms with Crippen molar-refractivity contribution in [2.45, 2.75) is 45.9 Å². The summed E-state index contributed by atoms with van der Waals surface area (Å²) < 4.78 is 9.44. The molecule has 1 aromatic carbocycles. The number of carbonyl (C=O) groups excluding carboxylic acids is 3. The summed E-state index contributed by atoms with van der Waals surface area (Å²) in [4.78, 5) is 45.3. The number of esters is 1. The number of nitrogens with two attached hydrogens (primary N) is 1. The van der Waals surface area contributed by atoms with Crippen molar-refractivity contribution in [3.63, 3.8) is 0 Å². The van der Waals surface area contributed by atoms with Gasteiger partial charge in [-0.05, 0) is 41.9 Å². The Balaban J connectivity index is 1.62. The van der Waals surface area contributed by atoms with Crippen molar-refractivity contribution in [1.29, 1.82) is 0 Å². The summed E-state index contributed by atoms with van der Waals surface area (Å²) in [5.74, 6) is -0.292. The zero-order chi connectivity index (χ0) is 24.4. The fraction of sp³-hybridized carbons (Fsp3) is 0.364. The smallest absolute Gasteiger partial charge is 0.328 e. The van der Waals surface area contributed by atoms with Gasteiger partial charge in [-0.1, -0.05) is 0 Å². The highest BCUT2D eigenvalue weighted by atomic mass is 79.9. The molecule has 3 heterocycles. The predicted molar refractivity (Wildman–Crippen MR) is 126 cm³/mol. The highest BCUT2D eigenvalue weighted by Gasteiger charge is 2.29. The third kappa shape index (κ3) is 4.45. The molecular formula is C22H25BrN7O4+. The minimum atomic E-state index is -0.624. The van der Waals surface area contributed by atoms with Gasteiger partial charge in [0, 0.05) is 18.1 Å². The number of aromatic nitrogens is 4. The molecule has 1 fully saturated rings. The summed E-state index contributed by atoms with van der Waals surface area (Å²) in [7, 11) is 0. The molecule has 12 heteroatoms. The molecule has 4 rings (SSSR count). The normalized spacial score (nSPS) is 15.4. The molecule has 3 aromatic rings. The standard InChI is InChI=1S/C22H24BrN7O4/c1-3-29-14-6-5-12(20(31)27-13-7-8-34-22(13)33)9-15(14)30(4-2)17(29)11-26-21(32)18-19(24)25-10-16(23)28-18/h5-6,9-10,13H,3-4,7-8,11H2,1-2H3,(H3-,24,25,26,27,31,32)/p+1/t13-/m1/s1. The van der Waals surface area contributed by atoms with Gasteiger partial charge in [-0.3, -0.25) is 9.59 Å². The van der Waals surface area contributed by atoms with E-state index >= 15 is 0 Å². The van der Waals surface area contributed by atoms with Gasteiger partial charge >= 0.3 is 5.97 Å². The van der Waals surface area contributed by atoms with Gasteiger partial charge in [-0.25, -0.2) is 23.9 Å². The number of halogens is 1. The Morgan fingerprint density at radius 1 is 1.32 bits per heavy atom. The quantitative estimate of drug-likeness (QED) is 0.306. The van der Waals surface area contributed by atoms with Crippen LogP contribution in [-0.4, -0.2) is 45.0 Å². The van der Waals surface area contributed by atoms with Crippen molar-refractivity contribution in [3.05, 3.63) is 46.1 Å². The van der Waals surface area contributed by atoms with Crippen LogP contribution in [0, 0.1) is 0 Å². The molecule has 0 aliphatic carbocycles. The van der Waals surface area contributed by atoms with E-state index in [0.29, 0.717) is 36.3 Å². The number of cyclic esters (lactones) is 1. The number of fused-ring (bicyclic) bond motifs is 1. The summed E-state index contributed by atoms with van der Waals surface area (Å²) in [5.41, 5.74) is 8.06. The third-order valence-electron chi connectivity index (χ3n) is 5.71. The molecule has 4 N–H and O–H groups in total. The van der Waals surface area contributed by atoms with Crippen molar-refractivity contribution in [2.24, 2.45) is 0 Å². The molecule has 11 nitrogen and oxygen atoms in total. The van der Waals surface area contributed by atoms with Crippen molar-refractivity contribution in [2.75, 3.05) is 12.3 Å². The highest BCUT2D eigenvalue weighted by molar-refractivity contribution is 9.10. The minimum absolute atomic E-state index is 0.0426. The van der Waals surface area contributed by atoms with Crippen LogP contribution >= 0.6 is 15.9 Å². The number of hydrogen-bond donors (Lipinski definition) is 3. The first kappa shape index (κ1) is 23.6. The average molecular weight is 531 g/mol. The number of aryl methyl sites for hydroxylation is 2. The summed E-state index contributed by atoms with van der Waals surface area (Å²) in [5, 5.41) is 5.61. The lowest BCUT2D eigenvalue weighted by Crippen LogP contribution is -2.40. The van der Waals surface area contributed by atoms with Gasteiger partial charge in [-0.2, -0.15) is 0 Å². The van der Waals surface area contributed by atoms with Crippen LogP contribution < -0.4 is 20.9 Å². The topological polar surface area (TPSA) is 145 Å². The molecule has 0 unspecified atom stereocenters. The van der Waals surface area contributed by atoms with E-state index in [0.717, 1.165) is 16.9 Å². The second-order valence-corrected chi connectivity index (χ2v) is 8.51.